The van der Waals surface area contributed by atoms with E-state index in [1.54, 1.807) is 0 Å². The van der Waals surface area contributed by atoms with Crippen LogP contribution in [0, 0.1) is 17.8 Å². The average Bonchev–Trinajstić information content (AvgIpc) is 3.32. The molecule has 2 saturated heterocycles. The van der Waals surface area contributed by atoms with Gasteiger partial charge < -0.3 is 15.5 Å². The van der Waals surface area contributed by atoms with Crippen LogP contribution in [-0.4, -0.2) is 70.4 Å². The first kappa shape index (κ1) is 27.0. The summed E-state index contributed by atoms with van der Waals surface area (Å²) in [6.45, 7) is 11.9. The molecular formula is C25H42N6O4. The number of likely N-dealkylation sites (tertiary alicyclic amines) is 2. The highest BCUT2D eigenvalue weighted by molar-refractivity contribution is 5.96. The number of nitrogens with zero attached hydrogens (tertiary/aromatic N) is 4. The third-order valence-electron chi connectivity index (χ3n) is 6.87. The zero-order chi connectivity index (χ0) is 25.7. The average molecular weight is 491 g/mol. The van der Waals surface area contributed by atoms with Crippen molar-refractivity contribution in [2.75, 3.05) is 49.9 Å². The molecule has 0 aliphatic carbocycles. The van der Waals surface area contributed by atoms with Gasteiger partial charge in [0.15, 0.2) is 5.69 Å². The number of hydrogen-bond acceptors (Lipinski definition) is 6. The van der Waals surface area contributed by atoms with Gasteiger partial charge in [0.25, 0.3) is 5.56 Å². The van der Waals surface area contributed by atoms with Crippen molar-refractivity contribution >= 4 is 23.3 Å². The van der Waals surface area contributed by atoms with E-state index >= 15 is 0 Å². The van der Waals surface area contributed by atoms with Gasteiger partial charge in [0.05, 0.1) is 6.54 Å². The number of amides is 2. The molecule has 10 nitrogen and oxygen atoms in total. The van der Waals surface area contributed by atoms with Crippen molar-refractivity contribution in [3.8, 4) is 0 Å². The molecule has 0 unspecified atom stereocenters. The van der Waals surface area contributed by atoms with Crippen LogP contribution in [0.5, 0.6) is 0 Å². The lowest BCUT2D eigenvalue weighted by Crippen LogP contribution is -2.48. The summed E-state index contributed by atoms with van der Waals surface area (Å²) in [6, 6.07) is 0. The normalized spacial score (nSPS) is 17.5. The minimum Gasteiger partial charge on any atom is -0.383 e. The van der Waals surface area contributed by atoms with Crippen LogP contribution in [-0.2, 0) is 16.1 Å². The van der Waals surface area contributed by atoms with Crippen LogP contribution < -0.4 is 21.9 Å². The molecule has 10 heteroatoms. The Kier molecular flexibility index (Phi) is 9.15. The van der Waals surface area contributed by atoms with E-state index in [0.717, 1.165) is 51.9 Å². The molecule has 196 valence electrons. The molecule has 0 bridgehead atoms. The molecule has 3 heterocycles. The number of rotatable bonds is 9. The summed E-state index contributed by atoms with van der Waals surface area (Å²) >= 11 is 0. The number of aromatic nitrogens is 2. The van der Waals surface area contributed by atoms with Gasteiger partial charge in [0.1, 0.15) is 5.82 Å². The Balaban J connectivity index is 1.69. The molecule has 3 N–H and O–H groups in total. The molecular weight excluding hydrogens is 448 g/mol. The van der Waals surface area contributed by atoms with E-state index in [-0.39, 0.29) is 41.7 Å². The van der Waals surface area contributed by atoms with E-state index in [2.05, 4.69) is 9.88 Å². The maximum atomic E-state index is 13.4. The fourth-order valence-corrected chi connectivity index (χ4v) is 5.04. The van der Waals surface area contributed by atoms with Crippen LogP contribution >= 0.6 is 0 Å². The summed E-state index contributed by atoms with van der Waals surface area (Å²) in [5, 5.41) is 0. The molecule has 35 heavy (non-hydrogen) atoms. The Morgan fingerprint density at radius 3 is 2.23 bits per heavy atom. The highest BCUT2D eigenvalue weighted by Crippen LogP contribution is 2.24. The SMILES string of the molecule is CC(C)CN(C(=O)CN1CCC(CC(=O)N2CCCC2)CC1)c1c(N)n(CC(C)C)c(=O)[nH]c1=O. The second kappa shape index (κ2) is 11.9. The summed E-state index contributed by atoms with van der Waals surface area (Å²) in [5.74, 6) is 0.663. The van der Waals surface area contributed by atoms with Crippen molar-refractivity contribution in [2.45, 2.75) is 66.3 Å². The molecule has 0 atom stereocenters. The molecule has 2 aliphatic heterocycles. The molecule has 1 aromatic heterocycles. The predicted octanol–water partition coefficient (Wildman–Crippen LogP) is 1.49. The smallest absolute Gasteiger partial charge is 0.330 e. The van der Waals surface area contributed by atoms with Gasteiger partial charge in [0.2, 0.25) is 11.8 Å². The number of carbonyl (C=O) groups is 2. The Hall–Kier alpha value is -2.62. The fraction of sp³-hybridized carbons (Fsp3) is 0.760. The zero-order valence-corrected chi connectivity index (χ0v) is 21.7. The number of nitrogens with two attached hydrogens (primary N) is 1. The van der Waals surface area contributed by atoms with Gasteiger partial charge in [0, 0.05) is 32.6 Å². The Bertz CT molecular complexity index is 1000. The summed E-state index contributed by atoms with van der Waals surface area (Å²) in [6.07, 6.45) is 4.53. The number of aromatic amines is 1. The molecule has 2 fully saturated rings. The van der Waals surface area contributed by atoms with Crippen LogP contribution in [0.4, 0.5) is 11.5 Å². The number of carbonyl (C=O) groups excluding carboxylic acids is 2. The van der Waals surface area contributed by atoms with Crippen molar-refractivity contribution in [1.29, 1.82) is 0 Å². The number of anilines is 2. The second-order valence-corrected chi connectivity index (χ2v) is 10.9. The maximum absolute atomic E-state index is 13.4. The maximum Gasteiger partial charge on any atom is 0.330 e. The van der Waals surface area contributed by atoms with Crippen LogP contribution in [0.1, 0.15) is 59.8 Å². The van der Waals surface area contributed by atoms with E-state index in [1.807, 2.05) is 32.6 Å². The molecule has 3 rings (SSSR count). The first-order chi connectivity index (χ1) is 16.6. The largest absolute Gasteiger partial charge is 0.383 e. The Labute approximate surface area is 207 Å². The molecule has 0 saturated carbocycles. The van der Waals surface area contributed by atoms with Gasteiger partial charge in [-0.25, -0.2) is 4.79 Å². The molecule has 1 aromatic rings. The van der Waals surface area contributed by atoms with Crippen molar-refractivity contribution in [2.24, 2.45) is 17.8 Å². The van der Waals surface area contributed by atoms with E-state index < -0.39 is 11.2 Å². The lowest BCUT2D eigenvalue weighted by atomic mass is 9.93. The predicted molar refractivity (Wildman–Crippen MR) is 137 cm³/mol. The van der Waals surface area contributed by atoms with Crippen molar-refractivity contribution in [1.82, 2.24) is 19.4 Å². The monoisotopic (exact) mass is 490 g/mol. The summed E-state index contributed by atoms with van der Waals surface area (Å²) < 4.78 is 1.34. The Morgan fingerprint density at radius 1 is 1.03 bits per heavy atom. The van der Waals surface area contributed by atoms with Crippen LogP contribution in [0.25, 0.3) is 0 Å². The van der Waals surface area contributed by atoms with Gasteiger partial charge >= 0.3 is 5.69 Å². The number of H-pyrrole nitrogens is 1. The molecule has 0 aromatic carbocycles. The molecule has 0 radical (unpaired) electrons. The number of nitrogen functional groups attached to an aromatic ring is 1. The van der Waals surface area contributed by atoms with E-state index in [4.69, 9.17) is 5.73 Å². The number of piperidine rings is 1. The highest BCUT2D eigenvalue weighted by atomic mass is 16.2. The van der Waals surface area contributed by atoms with Gasteiger partial charge in [-0.15, -0.1) is 0 Å². The summed E-state index contributed by atoms with van der Waals surface area (Å²) in [5.41, 5.74) is 5.15. The van der Waals surface area contributed by atoms with Gasteiger partial charge in [-0.2, -0.15) is 0 Å². The van der Waals surface area contributed by atoms with Crippen molar-refractivity contribution in [3.05, 3.63) is 20.8 Å². The Morgan fingerprint density at radius 2 is 1.66 bits per heavy atom. The minimum atomic E-state index is -0.638. The van der Waals surface area contributed by atoms with Crippen LogP contribution in [0.2, 0.25) is 0 Å². The van der Waals surface area contributed by atoms with Crippen LogP contribution in [0.15, 0.2) is 9.59 Å². The second-order valence-electron chi connectivity index (χ2n) is 10.9. The standard InChI is InChI=1S/C25H42N6O4/c1-17(2)14-30(22-23(26)31(15-18(3)4)25(35)27-24(22)34)21(33)16-28-11-7-19(8-12-28)13-20(32)29-9-5-6-10-29/h17-19H,5-16,26H2,1-4H3,(H,27,34,35). The van der Waals surface area contributed by atoms with E-state index in [9.17, 15) is 19.2 Å². The summed E-state index contributed by atoms with van der Waals surface area (Å²) in [7, 11) is 0. The number of nitrogens with one attached hydrogen (secondary N) is 1. The quantitative estimate of drug-likeness (QED) is 0.540. The minimum absolute atomic E-state index is 0.0283. The highest BCUT2D eigenvalue weighted by Gasteiger charge is 2.29. The zero-order valence-electron chi connectivity index (χ0n) is 21.7. The fourth-order valence-electron chi connectivity index (χ4n) is 5.04. The van der Waals surface area contributed by atoms with E-state index in [0.29, 0.717) is 25.4 Å². The van der Waals surface area contributed by atoms with Gasteiger partial charge in [-0.05, 0) is 56.5 Å². The van der Waals surface area contributed by atoms with E-state index in [1.165, 1.54) is 9.47 Å². The molecule has 0 spiro atoms. The van der Waals surface area contributed by atoms with Crippen LogP contribution in [0.3, 0.4) is 0 Å². The van der Waals surface area contributed by atoms with Crippen molar-refractivity contribution in [3.63, 3.8) is 0 Å². The number of hydrogen-bond donors (Lipinski definition) is 2. The summed E-state index contributed by atoms with van der Waals surface area (Å²) in [4.78, 5) is 58.9. The van der Waals surface area contributed by atoms with Crippen molar-refractivity contribution < 1.29 is 9.59 Å². The first-order valence-electron chi connectivity index (χ1n) is 13.0. The topological polar surface area (TPSA) is 125 Å². The van der Waals surface area contributed by atoms with Gasteiger partial charge in [-0.3, -0.25) is 28.8 Å². The van der Waals surface area contributed by atoms with Gasteiger partial charge in [-0.1, -0.05) is 27.7 Å². The molecule has 2 aliphatic rings. The lowest BCUT2D eigenvalue weighted by molar-refractivity contribution is -0.131. The first-order valence-corrected chi connectivity index (χ1v) is 13.0. The molecule has 2 amide bonds. The third kappa shape index (κ3) is 6.96. The third-order valence-corrected chi connectivity index (χ3v) is 6.87. The lowest BCUT2D eigenvalue weighted by Gasteiger charge is -2.34.